The first-order chi connectivity index (χ1) is 5.20. The zero-order chi connectivity index (χ0) is 8.27. The Bertz CT molecular complexity index is 149. The number of nitrogens with two attached hydrogens (primary N) is 1. The summed E-state index contributed by atoms with van der Waals surface area (Å²) in [4.78, 5) is 2.34. The highest BCUT2D eigenvalue weighted by Gasteiger charge is 2.20. The summed E-state index contributed by atoms with van der Waals surface area (Å²) in [5, 5.41) is 7.29. The van der Waals surface area contributed by atoms with Gasteiger partial charge in [0.15, 0.2) is 5.17 Å². The van der Waals surface area contributed by atoms with Gasteiger partial charge in [0.2, 0.25) is 0 Å². The molecule has 1 aliphatic rings. The van der Waals surface area contributed by atoms with Crippen LogP contribution in [-0.2, 0) is 0 Å². The van der Waals surface area contributed by atoms with Gasteiger partial charge in [-0.1, -0.05) is 11.8 Å². The van der Waals surface area contributed by atoms with Crippen LogP contribution in [0.3, 0.4) is 0 Å². The molecule has 0 unspecified atom stereocenters. The minimum atomic E-state index is 0.241. The third-order valence-corrected chi connectivity index (χ3v) is 2.97. The molecule has 1 aliphatic heterocycles. The lowest BCUT2D eigenvalue weighted by molar-refractivity contribution is 0.335. The normalized spacial score (nSPS) is 25.7. The topological polar surface area (TPSA) is 53.1 Å². The Hall–Kier alpha value is -0.220. The molecule has 0 amide bonds. The van der Waals surface area contributed by atoms with Crippen LogP contribution in [0.15, 0.2) is 0 Å². The van der Waals surface area contributed by atoms with Crippen molar-refractivity contribution in [2.24, 2.45) is 5.73 Å². The summed E-state index contributed by atoms with van der Waals surface area (Å²) < 4.78 is 0. The predicted octanol–water partition coefficient (Wildman–Crippen LogP) is 0.707. The summed E-state index contributed by atoms with van der Waals surface area (Å²) in [6.45, 7) is 1.20. The maximum Gasteiger partial charge on any atom is 0.151 e. The minimum absolute atomic E-state index is 0.241. The van der Waals surface area contributed by atoms with Crippen LogP contribution in [0.2, 0.25) is 0 Å². The van der Waals surface area contributed by atoms with Crippen molar-refractivity contribution in [1.29, 1.82) is 5.41 Å². The molecule has 0 aromatic rings. The smallest absolute Gasteiger partial charge is 0.151 e. The first-order valence-electron chi connectivity index (χ1n) is 3.87. The van der Waals surface area contributed by atoms with Crippen LogP contribution in [-0.4, -0.2) is 35.5 Å². The molecule has 3 nitrogen and oxygen atoms in total. The standard InChI is InChI=1S/C7H15N3S/c1-10-4-2-3-6(10)5-11-7(8)9/h6H,2-5H2,1H3,(H3,8,9)/t6-/m0/s1. The van der Waals surface area contributed by atoms with Crippen molar-refractivity contribution in [3.8, 4) is 0 Å². The summed E-state index contributed by atoms with van der Waals surface area (Å²) in [5.74, 6) is 0.978. The molecule has 64 valence electrons. The van der Waals surface area contributed by atoms with E-state index >= 15 is 0 Å². The van der Waals surface area contributed by atoms with Gasteiger partial charge in [-0.05, 0) is 26.4 Å². The van der Waals surface area contributed by atoms with E-state index < -0.39 is 0 Å². The fourth-order valence-corrected chi connectivity index (χ4v) is 2.17. The van der Waals surface area contributed by atoms with Gasteiger partial charge in [-0.2, -0.15) is 0 Å². The monoisotopic (exact) mass is 173 g/mol. The molecule has 0 bridgehead atoms. The average Bonchev–Trinajstić information content (AvgIpc) is 2.31. The van der Waals surface area contributed by atoms with Gasteiger partial charge in [-0.25, -0.2) is 0 Å². The van der Waals surface area contributed by atoms with E-state index in [9.17, 15) is 0 Å². The van der Waals surface area contributed by atoms with Crippen molar-refractivity contribution < 1.29 is 0 Å². The molecule has 0 aromatic carbocycles. The Morgan fingerprint density at radius 2 is 2.55 bits per heavy atom. The quantitative estimate of drug-likeness (QED) is 0.477. The van der Waals surface area contributed by atoms with Crippen LogP contribution in [0.5, 0.6) is 0 Å². The largest absolute Gasteiger partial charge is 0.379 e. The van der Waals surface area contributed by atoms with Gasteiger partial charge in [0.25, 0.3) is 0 Å². The van der Waals surface area contributed by atoms with Crippen LogP contribution in [0.1, 0.15) is 12.8 Å². The van der Waals surface area contributed by atoms with Gasteiger partial charge < -0.3 is 10.6 Å². The molecule has 1 saturated heterocycles. The molecule has 0 saturated carbocycles. The fourth-order valence-electron chi connectivity index (χ4n) is 1.38. The summed E-state index contributed by atoms with van der Waals surface area (Å²) in [6.07, 6.45) is 2.55. The third kappa shape index (κ3) is 2.71. The number of hydrogen-bond donors (Lipinski definition) is 2. The molecule has 0 spiro atoms. The van der Waals surface area contributed by atoms with E-state index in [2.05, 4.69) is 11.9 Å². The molecular weight excluding hydrogens is 158 g/mol. The van der Waals surface area contributed by atoms with E-state index in [0.717, 1.165) is 5.75 Å². The molecular formula is C7H15N3S. The third-order valence-electron chi connectivity index (χ3n) is 2.10. The SMILES string of the molecule is CN1CCC[C@H]1CSC(=N)N. The molecule has 1 fully saturated rings. The summed E-state index contributed by atoms with van der Waals surface area (Å²) >= 11 is 1.45. The summed E-state index contributed by atoms with van der Waals surface area (Å²) in [6, 6.07) is 0.642. The Kier molecular flexibility index (Phi) is 3.20. The maximum atomic E-state index is 7.05. The first kappa shape index (κ1) is 8.87. The number of thioether (sulfide) groups is 1. The zero-order valence-electron chi connectivity index (χ0n) is 6.84. The van der Waals surface area contributed by atoms with Crippen LogP contribution >= 0.6 is 11.8 Å². The Morgan fingerprint density at radius 3 is 3.00 bits per heavy atom. The molecule has 4 heteroatoms. The number of rotatable bonds is 2. The molecule has 0 aliphatic carbocycles. The maximum absolute atomic E-state index is 7.05. The highest BCUT2D eigenvalue weighted by Crippen LogP contribution is 2.18. The van der Waals surface area contributed by atoms with E-state index in [1.807, 2.05) is 0 Å². The molecule has 1 rings (SSSR count). The Balaban J connectivity index is 2.20. The number of nitrogens with one attached hydrogen (secondary N) is 1. The highest BCUT2D eigenvalue weighted by atomic mass is 32.2. The predicted molar refractivity (Wildman–Crippen MR) is 50.0 cm³/mol. The van der Waals surface area contributed by atoms with Gasteiger partial charge in [-0.3, -0.25) is 5.41 Å². The van der Waals surface area contributed by atoms with E-state index in [-0.39, 0.29) is 5.17 Å². The molecule has 0 radical (unpaired) electrons. The van der Waals surface area contributed by atoms with E-state index in [0.29, 0.717) is 6.04 Å². The van der Waals surface area contributed by atoms with Crippen molar-refractivity contribution in [3.63, 3.8) is 0 Å². The number of likely N-dealkylation sites (tertiary alicyclic amines) is 1. The van der Waals surface area contributed by atoms with Gasteiger partial charge in [0.05, 0.1) is 0 Å². The van der Waals surface area contributed by atoms with Crippen LogP contribution in [0, 0.1) is 5.41 Å². The van der Waals surface area contributed by atoms with Gasteiger partial charge in [0.1, 0.15) is 0 Å². The minimum Gasteiger partial charge on any atom is -0.379 e. The van der Waals surface area contributed by atoms with E-state index in [1.54, 1.807) is 0 Å². The van der Waals surface area contributed by atoms with Crippen LogP contribution in [0.25, 0.3) is 0 Å². The fraction of sp³-hybridized carbons (Fsp3) is 0.857. The van der Waals surface area contributed by atoms with Gasteiger partial charge in [0, 0.05) is 11.8 Å². The summed E-state index contributed by atoms with van der Waals surface area (Å²) in [7, 11) is 2.14. The van der Waals surface area contributed by atoms with Crippen molar-refractivity contribution in [2.45, 2.75) is 18.9 Å². The van der Waals surface area contributed by atoms with Gasteiger partial charge in [-0.15, -0.1) is 0 Å². The second kappa shape index (κ2) is 3.97. The molecule has 3 N–H and O–H groups in total. The number of hydrogen-bond acceptors (Lipinski definition) is 3. The summed E-state index contributed by atoms with van der Waals surface area (Å²) in [5.41, 5.74) is 5.24. The molecule has 1 atom stereocenters. The second-order valence-electron chi connectivity index (χ2n) is 2.95. The van der Waals surface area contributed by atoms with Crippen molar-refractivity contribution >= 4 is 16.9 Å². The lowest BCUT2D eigenvalue weighted by atomic mass is 10.2. The van der Waals surface area contributed by atoms with Crippen molar-refractivity contribution in [1.82, 2.24) is 4.90 Å². The number of nitrogens with zero attached hydrogens (tertiary/aromatic N) is 1. The van der Waals surface area contributed by atoms with Crippen molar-refractivity contribution in [2.75, 3.05) is 19.3 Å². The lowest BCUT2D eigenvalue weighted by Crippen LogP contribution is -2.27. The second-order valence-corrected chi connectivity index (χ2v) is 4.01. The van der Waals surface area contributed by atoms with Crippen LogP contribution < -0.4 is 5.73 Å². The van der Waals surface area contributed by atoms with Crippen LogP contribution in [0.4, 0.5) is 0 Å². The lowest BCUT2D eigenvalue weighted by Gasteiger charge is -2.17. The first-order valence-corrected chi connectivity index (χ1v) is 4.86. The van der Waals surface area contributed by atoms with E-state index in [4.69, 9.17) is 11.1 Å². The Morgan fingerprint density at radius 1 is 1.82 bits per heavy atom. The molecule has 0 aromatic heterocycles. The number of amidine groups is 1. The molecule has 11 heavy (non-hydrogen) atoms. The van der Waals surface area contributed by atoms with Crippen molar-refractivity contribution in [3.05, 3.63) is 0 Å². The zero-order valence-corrected chi connectivity index (χ0v) is 7.66. The van der Waals surface area contributed by atoms with E-state index in [1.165, 1.54) is 31.1 Å². The van der Waals surface area contributed by atoms with Gasteiger partial charge >= 0.3 is 0 Å². The molecule has 1 heterocycles. The average molecular weight is 173 g/mol. The Labute approximate surface area is 71.8 Å². The highest BCUT2D eigenvalue weighted by molar-refractivity contribution is 8.13.